The second kappa shape index (κ2) is 7.62. The van der Waals surface area contributed by atoms with Gasteiger partial charge in [0.25, 0.3) is 0 Å². The maximum atomic E-state index is 11.4. The molecule has 1 amide bonds. The van der Waals surface area contributed by atoms with Gasteiger partial charge in [-0.05, 0) is 24.9 Å². The molecule has 0 bridgehead atoms. The Morgan fingerprint density at radius 1 is 1.47 bits per heavy atom. The molecule has 0 aliphatic heterocycles. The summed E-state index contributed by atoms with van der Waals surface area (Å²) < 4.78 is 4.95. The molecule has 5 heteroatoms. The fourth-order valence-corrected chi connectivity index (χ4v) is 1.36. The van der Waals surface area contributed by atoms with E-state index < -0.39 is 0 Å². The second-order valence-electron chi connectivity index (χ2n) is 3.73. The van der Waals surface area contributed by atoms with Crippen molar-refractivity contribution in [2.45, 2.75) is 25.8 Å². The number of hydrogen-bond donors (Lipinski definition) is 2. The van der Waals surface area contributed by atoms with Crippen molar-refractivity contribution in [3.05, 3.63) is 23.9 Å². The number of nitrogens with one attached hydrogen (secondary N) is 1. The molecule has 0 spiro atoms. The quantitative estimate of drug-likeness (QED) is 0.689. The fraction of sp³-hybridized carbons (Fsp3) is 0.500. The van der Waals surface area contributed by atoms with Crippen LogP contribution in [0.25, 0.3) is 0 Å². The van der Waals surface area contributed by atoms with Gasteiger partial charge >= 0.3 is 0 Å². The number of hydrogen-bond acceptors (Lipinski definition) is 4. The maximum absolute atomic E-state index is 11.4. The van der Waals surface area contributed by atoms with Crippen LogP contribution in [0.15, 0.2) is 18.3 Å². The number of rotatable bonds is 7. The minimum atomic E-state index is 0.0502. The summed E-state index contributed by atoms with van der Waals surface area (Å²) in [6.45, 7) is 1.13. The third-order valence-electron chi connectivity index (χ3n) is 2.35. The summed E-state index contributed by atoms with van der Waals surface area (Å²) in [4.78, 5) is 15.5. The molecule has 0 fully saturated rings. The SMILES string of the molecule is COc1ccc(CNC(=O)CCCCN)cn1. The molecule has 17 heavy (non-hydrogen) atoms. The van der Waals surface area contributed by atoms with Crippen LogP contribution in [0.5, 0.6) is 5.88 Å². The number of amides is 1. The van der Waals surface area contributed by atoms with Gasteiger partial charge in [0.15, 0.2) is 0 Å². The normalized spacial score (nSPS) is 10.0. The summed E-state index contributed by atoms with van der Waals surface area (Å²) >= 11 is 0. The summed E-state index contributed by atoms with van der Waals surface area (Å²) in [5.41, 5.74) is 6.31. The molecule has 0 saturated heterocycles. The first-order valence-electron chi connectivity index (χ1n) is 5.72. The van der Waals surface area contributed by atoms with E-state index in [-0.39, 0.29) is 5.91 Å². The van der Waals surface area contributed by atoms with E-state index in [1.807, 2.05) is 6.07 Å². The van der Waals surface area contributed by atoms with Crippen LogP contribution >= 0.6 is 0 Å². The Morgan fingerprint density at radius 2 is 2.29 bits per heavy atom. The fourth-order valence-electron chi connectivity index (χ4n) is 1.36. The number of nitrogens with two attached hydrogens (primary N) is 1. The predicted molar refractivity (Wildman–Crippen MR) is 65.5 cm³/mol. The molecule has 0 atom stereocenters. The van der Waals surface area contributed by atoms with Gasteiger partial charge in [-0.15, -0.1) is 0 Å². The topological polar surface area (TPSA) is 77.2 Å². The molecule has 1 heterocycles. The summed E-state index contributed by atoms with van der Waals surface area (Å²) in [6, 6.07) is 3.65. The largest absolute Gasteiger partial charge is 0.481 e. The van der Waals surface area contributed by atoms with Crippen molar-refractivity contribution in [3.8, 4) is 5.88 Å². The van der Waals surface area contributed by atoms with Crippen LogP contribution in [0, 0.1) is 0 Å². The van der Waals surface area contributed by atoms with E-state index in [9.17, 15) is 4.79 Å². The van der Waals surface area contributed by atoms with E-state index in [0.29, 0.717) is 25.4 Å². The number of carbonyl (C=O) groups is 1. The zero-order valence-electron chi connectivity index (χ0n) is 10.1. The number of pyridine rings is 1. The summed E-state index contributed by atoms with van der Waals surface area (Å²) in [5.74, 6) is 0.622. The Kier molecular flexibility index (Phi) is 6.03. The van der Waals surface area contributed by atoms with Gasteiger partial charge in [0.1, 0.15) is 0 Å². The lowest BCUT2D eigenvalue weighted by molar-refractivity contribution is -0.121. The zero-order chi connectivity index (χ0) is 12.5. The molecule has 5 nitrogen and oxygen atoms in total. The Hall–Kier alpha value is -1.62. The lowest BCUT2D eigenvalue weighted by atomic mass is 10.2. The van der Waals surface area contributed by atoms with Gasteiger partial charge in [0.05, 0.1) is 7.11 Å². The van der Waals surface area contributed by atoms with Crippen LogP contribution in [-0.4, -0.2) is 24.5 Å². The lowest BCUT2D eigenvalue weighted by Crippen LogP contribution is -2.22. The summed E-state index contributed by atoms with van der Waals surface area (Å²) in [7, 11) is 1.57. The highest BCUT2D eigenvalue weighted by Crippen LogP contribution is 2.06. The average molecular weight is 237 g/mol. The number of nitrogens with zero attached hydrogens (tertiary/aromatic N) is 1. The smallest absolute Gasteiger partial charge is 0.220 e. The Balaban J connectivity index is 2.27. The molecule has 1 rings (SSSR count). The minimum absolute atomic E-state index is 0.0502. The Bertz CT molecular complexity index is 338. The van der Waals surface area contributed by atoms with Gasteiger partial charge < -0.3 is 15.8 Å². The average Bonchev–Trinajstić information content (AvgIpc) is 2.37. The third-order valence-corrected chi connectivity index (χ3v) is 2.35. The predicted octanol–water partition coefficient (Wildman–Crippen LogP) is 0.835. The summed E-state index contributed by atoms with van der Waals surface area (Å²) in [6.07, 6.45) is 3.94. The number of aromatic nitrogens is 1. The van der Waals surface area contributed by atoms with Crippen molar-refractivity contribution < 1.29 is 9.53 Å². The molecule has 3 N–H and O–H groups in total. The van der Waals surface area contributed by atoms with E-state index in [4.69, 9.17) is 10.5 Å². The highest BCUT2D eigenvalue weighted by atomic mass is 16.5. The van der Waals surface area contributed by atoms with Crippen LogP contribution in [0.4, 0.5) is 0 Å². The van der Waals surface area contributed by atoms with Crippen molar-refractivity contribution in [2.24, 2.45) is 5.73 Å². The van der Waals surface area contributed by atoms with Gasteiger partial charge in [-0.25, -0.2) is 4.98 Å². The number of carbonyl (C=O) groups excluding carboxylic acids is 1. The number of methoxy groups -OCH3 is 1. The molecule has 0 aliphatic rings. The van der Waals surface area contributed by atoms with Crippen LogP contribution in [0.1, 0.15) is 24.8 Å². The molecule has 0 aromatic carbocycles. The zero-order valence-corrected chi connectivity index (χ0v) is 10.1. The third kappa shape index (κ3) is 5.31. The van der Waals surface area contributed by atoms with Crippen LogP contribution < -0.4 is 15.8 Å². The van der Waals surface area contributed by atoms with E-state index in [1.54, 1.807) is 19.4 Å². The van der Waals surface area contributed by atoms with E-state index in [0.717, 1.165) is 18.4 Å². The van der Waals surface area contributed by atoms with Gasteiger partial charge in [-0.1, -0.05) is 6.07 Å². The highest BCUT2D eigenvalue weighted by molar-refractivity contribution is 5.75. The van der Waals surface area contributed by atoms with Crippen molar-refractivity contribution in [3.63, 3.8) is 0 Å². The second-order valence-corrected chi connectivity index (χ2v) is 3.73. The monoisotopic (exact) mass is 237 g/mol. The van der Waals surface area contributed by atoms with Crippen molar-refractivity contribution >= 4 is 5.91 Å². The van der Waals surface area contributed by atoms with Crippen molar-refractivity contribution in [1.29, 1.82) is 0 Å². The van der Waals surface area contributed by atoms with Crippen LogP contribution in [-0.2, 0) is 11.3 Å². The first kappa shape index (κ1) is 13.4. The summed E-state index contributed by atoms with van der Waals surface area (Å²) in [5, 5.41) is 2.83. The van der Waals surface area contributed by atoms with E-state index in [2.05, 4.69) is 10.3 Å². The lowest BCUT2D eigenvalue weighted by Gasteiger charge is -2.05. The van der Waals surface area contributed by atoms with Gasteiger partial charge in [0.2, 0.25) is 11.8 Å². The highest BCUT2D eigenvalue weighted by Gasteiger charge is 2.01. The molecule has 1 aromatic heterocycles. The van der Waals surface area contributed by atoms with E-state index in [1.165, 1.54) is 0 Å². The number of unbranched alkanes of at least 4 members (excludes halogenated alkanes) is 1. The van der Waals surface area contributed by atoms with Gasteiger partial charge in [0, 0.05) is 25.2 Å². The Labute approximate surface area is 101 Å². The first-order valence-corrected chi connectivity index (χ1v) is 5.72. The standard InChI is InChI=1S/C12H19N3O2/c1-17-12-6-5-10(9-15-12)8-14-11(16)4-2-3-7-13/h5-6,9H,2-4,7-8,13H2,1H3,(H,14,16). The van der Waals surface area contributed by atoms with Gasteiger partial charge in [-0.3, -0.25) is 4.79 Å². The molecule has 0 saturated carbocycles. The minimum Gasteiger partial charge on any atom is -0.481 e. The Morgan fingerprint density at radius 3 is 2.88 bits per heavy atom. The van der Waals surface area contributed by atoms with Crippen LogP contribution in [0.2, 0.25) is 0 Å². The molecule has 0 aliphatic carbocycles. The molecule has 0 unspecified atom stereocenters. The van der Waals surface area contributed by atoms with E-state index >= 15 is 0 Å². The molecule has 1 aromatic rings. The number of ether oxygens (including phenoxy) is 1. The first-order chi connectivity index (χ1) is 8.26. The molecule has 0 radical (unpaired) electrons. The molecule has 94 valence electrons. The molecular formula is C12H19N3O2. The van der Waals surface area contributed by atoms with Gasteiger partial charge in [-0.2, -0.15) is 0 Å². The van der Waals surface area contributed by atoms with Crippen LogP contribution in [0.3, 0.4) is 0 Å². The maximum Gasteiger partial charge on any atom is 0.220 e. The van der Waals surface area contributed by atoms with Crippen molar-refractivity contribution in [2.75, 3.05) is 13.7 Å². The van der Waals surface area contributed by atoms with Crippen molar-refractivity contribution in [1.82, 2.24) is 10.3 Å². The molecular weight excluding hydrogens is 218 g/mol.